The van der Waals surface area contributed by atoms with Crippen molar-refractivity contribution in [2.75, 3.05) is 7.11 Å². The van der Waals surface area contributed by atoms with Crippen LogP contribution in [-0.2, 0) is 11.0 Å². The molecule has 7 aromatic carbocycles. The van der Waals surface area contributed by atoms with Gasteiger partial charge < -0.3 is 9.47 Å². The number of hydrogen-bond acceptors (Lipinski definition) is 2. The zero-order valence-corrected chi connectivity index (χ0v) is 26.8. The van der Waals surface area contributed by atoms with Gasteiger partial charge in [0.25, 0.3) is 0 Å². The molecule has 2 aliphatic rings. The van der Waals surface area contributed by atoms with E-state index >= 15 is 4.39 Å². The molecular formula is C44H33FO2. The smallest absolute Gasteiger partial charge is 0.178 e. The van der Waals surface area contributed by atoms with Crippen LogP contribution in [0.15, 0.2) is 121 Å². The third-order valence-corrected chi connectivity index (χ3v) is 10.4. The van der Waals surface area contributed by atoms with E-state index in [0.717, 1.165) is 38.6 Å². The summed E-state index contributed by atoms with van der Waals surface area (Å²) in [6, 6.07) is 39.3. The normalized spacial score (nSPS) is 17.4. The predicted octanol–water partition coefficient (Wildman–Crippen LogP) is 11.3. The molecule has 1 atom stereocenters. The first kappa shape index (κ1) is 27.9. The van der Waals surface area contributed by atoms with E-state index < -0.39 is 5.60 Å². The maximum Gasteiger partial charge on any atom is 0.178 e. The zero-order valence-electron chi connectivity index (χ0n) is 26.8. The second-order valence-electron chi connectivity index (χ2n) is 13.5. The van der Waals surface area contributed by atoms with Crippen molar-refractivity contribution < 1.29 is 13.9 Å². The van der Waals surface area contributed by atoms with Crippen LogP contribution in [0.2, 0.25) is 0 Å². The average Bonchev–Trinajstić information content (AvgIpc) is 3.33. The van der Waals surface area contributed by atoms with Gasteiger partial charge in [0.15, 0.2) is 5.60 Å². The van der Waals surface area contributed by atoms with Crippen LogP contribution in [0, 0.1) is 12.7 Å². The van der Waals surface area contributed by atoms with Crippen molar-refractivity contribution in [3.63, 3.8) is 0 Å². The Labute approximate surface area is 273 Å². The molecule has 7 aromatic rings. The minimum Gasteiger partial charge on any atom is -0.497 e. The molecule has 0 bridgehead atoms. The monoisotopic (exact) mass is 612 g/mol. The van der Waals surface area contributed by atoms with Crippen LogP contribution in [0.25, 0.3) is 49.5 Å². The third-order valence-electron chi connectivity index (χ3n) is 10.4. The highest BCUT2D eigenvalue weighted by atomic mass is 19.1. The maximum absolute atomic E-state index is 15.2. The first-order valence-corrected chi connectivity index (χ1v) is 16.1. The fraction of sp³-hybridized carbons (Fsp3) is 0.136. The van der Waals surface area contributed by atoms with Crippen LogP contribution >= 0.6 is 0 Å². The molecule has 1 aliphatic carbocycles. The van der Waals surface area contributed by atoms with Crippen LogP contribution in [0.5, 0.6) is 11.5 Å². The van der Waals surface area contributed by atoms with Crippen molar-refractivity contribution in [3.8, 4) is 22.6 Å². The number of fused-ring (bicyclic) bond motifs is 11. The lowest BCUT2D eigenvalue weighted by Gasteiger charge is -2.38. The summed E-state index contributed by atoms with van der Waals surface area (Å²) in [5, 5.41) is 6.53. The standard InChI is InChI=1S/C44H33FO2/c1-26-9-18-36-39(23-26)43(2,3)41-37-21-22-44(29-12-16-32(46-4)17-13-29,47-42(37)38-25-31(45)15-20-35(38)40(36)41)30-14-19-34-28(24-30)11-10-27-7-5-6-8-33(27)34/h5-25H,1-4H3. The SMILES string of the molecule is COc1ccc(C2(c3ccc4c(ccc5ccccc54)c3)C=Cc3c4c(c5ccc(F)cc5c3O2)-c2ccc(C)cc2C4(C)C)cc1. The molecule has 1 aliphatic heterocycles. The van der Waals surface area contributed by atoms with Crippen molar-refractivity contribution >= 4 is 38.4 Å². The third kappa shape index (κ3) is 3.89. The average molecular weight is 613 g/mol. The van der Waals surface area contributed by atoms with Crippen molar-refractivity contribution in [1.29, 1.82) is 0 Å². The molecule has 0 radical (unpaired) electrons. The Kier molecular flexibility index (Phi) is 5.81. The molecular weight excluding hydrogens is 579 g/mol. The molecule has 0 fully saturated rings. The Balaban J connectivity index is 1.34. The second kappa shape index (κ2) is 9.80. The Bertz CT molecular complexity index is 2470. The molecule has 3 heteroatoms. The molecule has 228 valence electrons. The number of aryl methyl sites for hydroxylation is 1. The number of methoxy groups -OCH3 is 1. The van der Waals surface area contributed by atoms with E-state index in [0.29, 0.717) is 5.75 Å². The Morgan fingerprint density at radius 1 is 0.681 bits per heavy atom. The number of halogens is 1. The summed E-state index contributed by atoms with van der Waals surface area (Å²) in [6.07, 6.45) is 4.41. The van der Waals surface area contributed by atoms with Gasteiger partial charge in [0.2, 0.25) is 0 Å². The van der Waals surface area contributed by atoms with Gasteiger partial charge >= 0.3 is 0 Å². The molecule has 0 saturated carbocycles. The van der Waals surface area contributed by atoms with Crippen molar-refractivity contribution in [3.05, 3.63) is 161 Å². The van der Waals surface area contributed by atoms with Gasteiger partial charge in [0.1, 0.15) is 17.3 Å². The van der Waals surface area contributed by atoms with Crippen LogP contribution in [0.1, 0.15) is 47.2 Å². The Morgan fingerprint density at radius 2 is 1.43 bits per heavy atom. The van der Waals surface area contributed by atoms with Gasteiger partial charge in [-0.3, -0.25) is 0 Å². The lowest BCUT2D eigenvalue weighted by atomic mass is 9.76. The van der Waals surface area contributed by atoms with Crippen LogP contribution < -0.4 is 9.47 Å². The maximum atomic E-state index is 15.2. The summed E-state index contributed by atoms with van der Waals surface area (Å²) in [5.41, 5.74) is 7.82. The Morgan fingerprint density at radius 3 is 2.26 bits per heavy atom. The predicted molar refractivity (Wildman–Crippen MR) is 191 cm³/mol. The highest BCUT2D eigenvalue weighted by Gasteiger charge is 2.44. The van der Waals surface area contributed by atoms with Gasteiger partial charge in [-0.1, -0.05) is 110 Å². The number of benzene rings is 7. The molecule has 47 heavy (non-hydrogen) atoms. The molecule has 0 saturated heterocycles. The second-order valence-corrected chi connectivity index (χ2v) is 13.5. The van der Waals surface area contributed by atoms with Crippen molar-refractivity contribution in [2.45, 2.75) is 31.8 Å². The van der Waals surface area contributed by atoms with Crippen LogP contribution in [0.3, 0.4) is 0 Å². The van der Waals surface area contributed by atoms with Gasteiger partial charge in [-0.2, -0.15) is 0 Å². The van der Waals surface area contributed by atoms with E-state index in [4.69, 9.17) is 9.47 Å². The fourth-order valence-electron chi connectivity index (χ4n) is 8.13. The highest BCUT2D eigenvalue weighted by Crippen LogP contribution is 2.58. The van der Waals surface area contributed by atoms with Crippen LogP contribution in [0.4, 0.5) is 4.39 Å². The van der Waals surface area contributed by atoms with Gasteiger partial charge in [-0.05, 0) is 92.5 Å². The summed E-state index contributed by atoms with van der Waals surface area (Å²) < 4.78 is 28.1. The van der Waals surface area contributed by atoms with E-state index in [1.165, 1.54) is 44.0 Å². The molecule has 1 heterocycles. The van der Waals surface area contributed by atoms with E-state index in [9.17, 15) is 0 Å². The first-order chi connectivity index (χ1) is 22.8. The minimum absolute atomic E-state index is 0.277. The summed E-state index contributed by atoms with van der Waals surface area (Å²) in [6.45, 7) is 6.72. The summed E-state index contributed by atoms with van der Waals surface area (Å²) in [4.78, 5) is 0. The largest absolute Gasteiger partial charge is 0.497 e. The number of rotatable bonds is 3. The van der Waals surface area contributed by atoms with Crippen LogP contribution in [-0.4, -0.2) is 7.11 Å². The van der Waals surface area contributed by atoms with Crippen molar-refractivity contribution in [2.24, 2.45) is 0 Å². The summed E-state index contributed by atoms with van der Waals surface area (Å²) in [5.74, 6) is 1.19. The zero-order chi connectivity index (χ0) is 32.1. The molecule has 0 amide bonds. The summed E-state index contributed by atoms with van der Waals surface area (Å²) in [7, 11) is 1.67. The lowest BCUT2D eigenvalue weighted by Crippen LogP contribution is -2.35. The van der Waals surface area contributed by atoms with E-state index in [2.05, 4.69) is 118 Å². The van der Waals surface area contributed by atoms with E-state index in [1.807, 2.05) is 18.2 Å². The number of hydrogen-bond donors (Lipinski definition) is 0. The molecule has 1 unspecified atom stereocenters. The first-order valence-electron chi connectivity index (χ1n) is 16.1. The summed E-state index contributed by atoms with van der Waals surface area (Å²) >= 11 is 0. The van der Waals surface area contributed by atoms with Gasteiger partial charge in [-0.15, -0.1) is 0 Å². The molecule has 2 nitrogen and oxygen atoms in total. The van der Waals surface area contributed by atoms with Gasteiger partial charge in [-0.25, -0.2) is 4.39 Å². The molecule has 0 aromatic heterocycles. The number of ether oxygens (including phenoxy) is 2. The quantitative estimate of drug-likeness (QED) is 0.185. The van der Waals surface area contributed by atoms with E-state index in [-0.39, 0.29) is 11.2 Å². The highest BCUT2D eigenvalue weighted by molar-refractivity contribution is 6.09. The fourth-order valence-corrected chi connectivity index (χ4v) is 8.13. The topological polar surface area (TPSA) is 18.5 Å². The van der Waals surface area contributed by atoms with Gasteiger partial charge in [0.05, 0.1) is 7.11 Å². The molecule has 0 spiro atoms. The van der Waals surface area contributed by atoms with Crippen molar-refractivity contribution in [1.82, 2.24) is 0 Å². The Hall–Kier alpha value is -5.41. The molecule has 0 N–H and O–H groups in total. The van der Waals surface area contributed by atoms with E-state index in [1.54, 1.807) is 19.2 Å². The minimum atomic E-state index is -0.973. The lowest BCUT2D eigenvalue weighted by molar-refractivity contribution is 0.163. The van der Waals surface area contributed by atoms with Gasteiger partial charge in [0, 0.05) is 27.5 Å². The molecule has 9 rings (SSSR count).